The zero-order chi connectivity index (χ0) is 19.3. The third-order valence-corrected chi connectivity index (χ3v) is 5.09. The average molecular weight is 365 g/mol. The first kappa shape index (κ1) is 18.4. The van der Waals surface area contributed by atoms with Crippen molar-refractivity contribution in [1.82, 2.24) is 4.90 Å². The van der Waals surface area contributed by atoms with Gasteiger partial charge in [0, 0.05) is 24.1 Å². The molecular weight excluding hydrogens is 347 g/mol. The van der Waals surface area contributed by atoms with Crippen LogP contribution >= 0.6 is 0 Å². The van der Waals surface area contributed by atoms with Gasteiger partial charge in [-0.2, -0.15) is 13.2 Å². The monoisotopic (exact) mass is 365 g/mol. The first-order valence-corrected chi connectivity index (χ1v) is 8.04. The number of esters is 1. The van der Waals surface area contributed by atoms with Gasteiger partial charge in [-0.25, -0.2) is 4.79 Å². The maximum absolute atomic E-state index is 13.7. The Labute approximate surface area is 148 Å². The maximum Gasteiger partial charge on any atom is 0.421 e. The van der Waals surface area contributed by atoms with E-state index in [4.69, 9.17) is 0 Å². The third-order valence-electron chi connectivity index (χ3n) is 5.09. The second-order valence-electron chi connectivity index (χ2n) is 6.56. The van der Waals surface area contributed by atoms with E-state index in [1.807, 2.05) is 19.1 Å². The number of allylic oxidation sites excluding steroid dienone is 1. The molecule has 3 rings (SSSR count). The van der Waals surface area contributed by atoms with Gasteiger partial charge >= 0.3 is 12.1 Å². The fourth-order valence-electron chi connectivity index (χ4n) is 3.54. The summed E-state index contributed by atoms with van der Waals surface area (Å²) in [5.74, 6) is -1.56. The van der Waals surface area contributed by atoms with Gasteiger partial charge in [0.15, 0.2) is 5.78 Å². The second-order valence-corrected chi connectivity index (χ2v) is 6.56. The predicted molar refractivity (Wildman–Crippen MR) is 88.7 cm³/mol. The lowest BCUT2D eigenvalue weighted by Gasteiger charge is -2.45. The van der Waals surface area contributed by atoms with Crippen molar-refractivity contribution in [2.45, 2.75) is 25.1 Å². The van der Waals surface area contributed by atoms with E-state index in [0.717, 1.165) is 23.6 Å². The Morgan fingerprint density at radius 1 is 1.23 bits per heavy atom. The standard InChI is InChI=1S/C19H18F3NO3/c1-11-6-4-5-7-13(11)16(24)14-8-12-9-18(17(25)26-3,19(20,21)22)23(2)10-15(12)14/h4-7,9H,8,10H2,1-3H3. The minimum absolute atomic E-state index is 0.116. The summed E-state index contributed by atoms with van der Waals surface area (Å²) in [4.78, 5) is 25.6. The van der Waals surface area contributed by atoms with Crippen LogP contribution in [0.15, 0.2) is 47.1 Å². The van der Waals surface area contributed by atoms with Gasteiger partial charge in [-0.05, 0) is 36.8 Å². The third kappa shape index (κ3) is 2.49. The van der Waals surface area contributed by atoms with Crippen LogP contribution in [0.1, 0.15) is 22.3 Å². The number of ketones is 1. The van der Waals surface area contributed by atoms with Gasteiger partial charge in [0.1, 0.15) is 0 Å². The lowest BCUT2D eigenvalue weighted by molar-refractivity contribution is -0.223. The van der Waals surface area contributed by atoms with Crippen LogP contribution in [-0.2, 0) is 9.53 Å². The maximum atomic E-state index is 13.7. The Bertz CT molecular complexity index is 854. The molecule has 0 fully saturated rings. The Morgan fingerprint density at radius 3 is 2.46 bits per heavy atom. The first-order valence-electron chi connectivity index (χ1n) is 8.04. The molecule has 1 atom stereocenters. The number of carbonyl (C=O) groups excluding carboxylic acids is 2. The van der Waals surface area contributed by atoms with Crippen molar-refractivity contribution < 1.29 is 27.5 Å². The molecular formula is C19H18F3NO3. The molecule has 0 saturated heterocycles. The molecule has 26 heavy (non-hydrogen) atoms. The molecule has 7 heteroatoms. The van der Waals surface area contributed by atoms with E-state index in [1.165, 1.54) is 7.05 Å². The van der Waals surface area contributed by atoms with E-state index < -0.39 is 17.7 Å². The Kier molecular flexibility index (Phi) is 4.30. The van der Waals surface area contributed by atoms with Gasteiger partial charge < -0.3 is 4.74 Å². The largest absolute Gasteiger partial charge is 0.467 e. The molecule has 1 aliphatic heterocycles. The van der Waals surface area contributed by atoms with Gasteiger partial charge in [-0.3, -0.25) is 9.69 Å². The molecule has 1 heterocycles. The van der Waals surface area contributed by atoms with Crippen molar-refractivity contribution in [2.75, 3.05) is 20.7 Å². The summed E-state index contributed by atoms with van der Waals surface area (Å²) >= 11 is 0. The summed E-state index contributed by atoms with van der Waals surface area (Å²) in [6.07, 6.45) is -3.82. The molecule has 1 aromatic rings. The number of likely N-dealkylation sites (N-methyl/N-ethyl adjacent to an activating group) is 1. The number of ether oxygens (including phenoxy) is 1. The molecule has 0 amide bonds. The molecule has 0 spiro atoms. The molecule has 0 bridgehead atoms. The van der Waals surface area contributed by atoms with Crippen LogP contribution in [0.4, 0.5) is 13.2 Å². The number of Topliss-reactive ketones (excluding diaryl/α,β-unsaturated/α-hetero) is 1. The molecule has 138 valence electrons. The topological polar surface area (TPSA) is 46.6 Å². The zero-order valence-corrected chi connectivity index (χ0v) is 14.6. The van der Waals surface area contributed by atoms with Crippen molar-refractivity contribution in [3.63, 3.8) is 0 Å². The average Bonchev–Trinajstić information content (AvgIpc) is 2.56. The second kappa shape index (κ2) is 6.09. The van der Waals surface area contributed by atoms with Crippen LogP contribution in [0, 0.1) is 6.92 Å². The fourth-order valence-corrected chi connectivity index (χ4v) is 3.54. The molecule has 0 aromatic heterocycles. The molecule has 1 unspecified atom stereocenters. The number of hydrogen-bond donors (Lipinski definition) is 0. The Hall–Kier alpha value is -2.41. The van der Waals surface area contributed by atoms with Gasteiger partial charge in [-0.15, -0.1) is 0 Å². The smallest absolute Gasteiger partial charge is 0.421 e. The number of carbonyl (C=O) groups is 2. The molecule has 0 saturated carbocycles. The normalized spacial score (nSPS) is 23.1. The number of methoxy groups -OCH3 is 1. The Morgan fingerprint density at radius 2 is 1.88 bits per heavy atom. The Balaban J connectivity index is 2.04. The highest BCUT2D eigenvalue weighted by Crippen LogP contribution is 2.48. The summed E-state index contributed by atoms with van der Waals surface area (Å²) in [7, 11) is 2.14. The number of alkyl halides is 3. The minimum atomic E-state index is -4.83. The highest BCUT2D eigenvalue weighted by molar-refractivity contribution is 6.12. The molecule has 4 nitrogen and oxygen atoms in total. The van der Waals surface area contributed by atoms with E-state index in [-0.39, 0.29) is 18.7 Å². The van der Waals surface area contributed by atoms with Crippen LogP contribution in [0.5, 0.6) is 0 Å². The van der Waals surface area contributed by atoms with Gasteiger partial charge in [0.05, 0.1) is 7.11 Å². The highest BCUT2D eigenvalue weighted by atomic mass is 19.4. The lowest BCUT2D eigenvalue weighted by atomic mass is 9.72. The fraction of sp³-hybridized carbons (Fsp3) is 0.368. The van der Waals surface area contributed by atoms with Crippen LogP contribution in [0.3, 0.4) is 0 Å². The van der Waals surface area contributed by atoms with Crippen molar-refractivity contribution in [1.29, 1.82) is 0 Å². The lowest BCUT2D eigenvalue weighted by Crippen LogP contribution is -2.64. The van der Waals surface area contributed by atoms with Gasteiger partial charge in [0.25, 0.3) is 0 Å². The van der Waals surface area contributed by atoms with Crippen molar-refractivity contribution in [2.24, 2.45) is 0 Å². The first-order chi connectivity index (χ1) is 12.1. The molecule has 1 aliphatic carbocycles. The summed E-state index contributed by atoms with van der Waals surface area (Å²) in [5.41, 5.74) is -0.0354. The summed E-state index contributed by atoms with van der Waals surface area (Å²) < 4.78 is 45.6. The van der Waals surface area contributed by atoms with E-state index >= 15 is 0 Å². The SMILES string of the molecule is COC(=O)C1(C(F)(F)F)C=C2CC(C(=O)c3ccccc3C)=C2CN1C. The van der Waals surface area contributed by atoms with Gasteiger partial charge in [0.2, 0.25) is 5.54 Å². The molecule has 1 aromatic carbocycles. The van der Waals surface area contributed by atoms with Crippen LogP contribution < -0.4 is 0 Å². The molecule has 2 aliphatic rings. The quantitative estimate of drug-likeness (QED) is 0.610. The van der Waals surface area contributed by atoms with Gasteiger partial charge in [-0.1, -0.05) is 24.3 Å². The van der Waals surface area contributed by atoms with Crippen LogP contribution in [0.2, 0.25) is 0 Å². The molecule has 0 N–H and O–H groups in total. The summed E-state index contributed by atoms with van der Waals surface area (Å²) in [5, 5.41) is 0. The number of fused-ring (bicyclic) bond motifs is 1. The number of rotatable bonds is 3. The summed E-state index contributed by atoms with van der Waals surface area (Å²) in [6, 6.07) is 7.08. The van der Waals surface area contributed by atoms with E-state index in [2.05, 4.69) is 4.74 Å². The van der Waals surface area contributed by atoms with Crippen LogP contribution in [0.25, 0.3) is 0 Å². The highest BCUT2D eigenvalue weighted by Gasteiger charge is 2.65. The van der Waals surface area contributed by atoms with E-state index in [0.29, 0.717) is 22.3 Å². The number of nitrogens with zero attached hydrogens (tertiary/aromatic N) is 1. The number of aryl methyl sites for hydroxylation is 1. The number of halogens is 3. The minimum Gasteiger partial charge on any atom is -0.467 e. The number of benzene rings is 1. The van der Waals surface area contributed by atoms with Crippen LogP contribution in [-0.4, -0.2) is 49.1 Å². The predicted octanol–water partition coefficient (Wildman–Crippen LogP) is 3.22. The van der Waals surface area contributed by atoms with Crippen molar-refractivity contribution in [3.05, 3.63) is 58.2 Å². The zero-order valence-electron chi connectivity index (χ0n) is 14.6. The van der Waals surface area contributed by atoms with Crippen molar-refractivity contribution in [3.8, 4) is 0 Å². The van der Waals surface area contributed by atoms with Crippen molar-refractivity contribution >= 4 is 11.8 Å². The van der Waals surface area contributed by atoms with E-state index in [9.17, 15) is 22.8 Å². The number of hydrogen-bond acceptors (Lipinski definition) is 4. The summed E-state index contributed by atoms with van der Waals surface area (Å²) in [6.45, 7) is 1.67. The van der Waals surface area contributed by atoms with E-state index in [1.54, 1.807) is 12.1 Å². The molecule has 0 radical (unpaired) electrons.